The fourth-order valence-corrected chi connectivity index (χ4v) is 9.52. The number of carbonyl (C=O) groups excluding carboxylic acids is 1. The van der Waals surface area contributed by atoms with E-state index in [-0.39, 0.29) is 46.4 Å². The molecule has 2 aliphatic carbocycles. The van der Waals surface area contributed by atoms with Crippen molar-refractivity contribution in [3.8, 4) is 5.75 Å². The van der Waals surface area contributed by atoms with Crippen molar-refractivity contribution >= 4 is 5.97 Å². The van der Waals surface area contributed by atoms with Gasteiger partial charge in [-0.3, -0.25) is 4.79 Å². The molecule has 0 aromatic heterocycles. The second kappa shape index (κ2) is 9.49. The number of fused-ring (bicyclic) bond motifs is 2. The Morgan fingerprint density at radius 3 is 2.63 bits per heavy atom. The summed E-state index contributed by atoms with van der Waals surface area (Å²) in [5.41, 5.74) is 1.61. The van der Waals surface area contributed by atoms with Gasteiger partial charge in [0.25, 0.3) is 0 Å². The number of rotatable bonds is 7. The topological polar surface area (TPSA) is 63.3 Å². The molecule has 1 spiro atoms. The van der Waals surface area contributed by atoms with Crippen molar-refractivity contribution < 1.29 is 19.0 Å². The first kappa shape index (κ1) is 26.6. The maximum atomic E-state index is 13.1. The molecule has 210 valence electrons. The molecule has 5 fully saturated rings. The lowest BCUT2D eigenvalue weighted by molar-refractivity contribution is -0.146. The van der Waals surface area contributed by atoms with Gasteiger partial charge < -0.3 is 24.4 Å². The van der Waals surface area contributed by atoms with Gasteiger partial charge in [-0.05, 0) is 82.2 Å². The second-order valence-corrected chi connectivity index (χ2v) is 13.8. The average Bonchev–Trinajstić information content (AvgIpc) is 3.58. The van der Waals surface area contributed by atoms with Crippen LogP contribution in [-0.2, 0) is 19.7 Å². The van der Waals surface area contributed by atoms with Crippen LogP contribution in [0.5, 0.6) is 5.75 Å². The molecule has 0 amide bonds. The minimum Gasteiger partial charge on any atom is -0.497 e. The Bertz CT molecular complexity index is 1050. The van der Waals surface area contributed by atoms with E-state index in [1.54, 1.807) is 7.11 Å². The first-order valence-corrected chi connectivity index (χ1v) is 15.1. The number of methoxy groups -OCH3 is 1. The van der Waals surface area contributed by atoms with E-state index in [1.807, 2.05) is 0 Å². The van der Waals surface area contributed by atoms with Crippen LogP contribution < -0.4 is 10.1 Å². The Morgan fingerprint density at radius 1 is 1.13 bits per heavy atom. The molecule has 6 heteroatoms. The van der Waals surface area contributed by atoms with Crippen molar-refractivity contribution in [2.45, 2.75) is 95.5 Å². The van der Waals surface area contributed by atoms with Gasteiger partial charge in [-0.1, -0.05) is 39.3 Å². The van der Waals surface area contributed by atoms with Crippen LogP contribution >= 0.6 is 0 Å². The van der Waals surface area contributed by atoms with Gasteiger partial charge in [-0.25, -0.2) is 0 Å². The molecule has 0 radical (unpaired) electrons. The molecule has 5 aliphatic rings. The molecule has 1 N–H and O–H groups in total. The van der Waals surface area contributed by atoms with Gasteiger partial charge in [0, 0.05) is 35.9 Å². The van der Waals surface area contributed by atoms with Gasteiger partial charge in [0.2, 0.25) is 0 Å². The van der Waals surface area contributed by atoms with Crippen LogP contribution in [0, 0.1) is 29.1 Å². The highest BCUT2D eigenvalue weighted by atomic mass is 16.6. The van der Waals surface area contributed by atoms with Crippen LogP contribution in [0.15, 0.2) is 24.3 Å². The van der Waals surface area contributed by atoms with Crippen LogP contribution in [0.3, 0.4) is 0 Å². The van der Waals surface area contributed by atoms with Crippen molar-refractivity contribution in [1.29, 1.82) is 0 Å². The summed E-state index contributed by atoms with van der Waals surface area (Å²) in [6.45, 7) is 12.2. The molecule has 3 heterocycles. The second-order valence-electron chi connectivity index (χ2n) is 13.8. The van der Waals surface area contributed by atoms with Crippen molar-refractivity contribution in [2.24, 2.45) is 29.1 Å². The highest BCUT2D eigenvalue weighted by Crippen LogP contribution is 2.70. The first-order chi connectivity index (χ1) is 18.1. The van der Waals surface area contributed by atoms with Crippen LogP contribution in [0.4, 0.5) is 0 Å². The van der Waals surface area contributed by atoms with E-state index in [9.17, 15) is 4.79 Å². The summed E-state index contributed by atoms with van der Waals surface area (Å²) in [4.78, 5) is 15.6. The van der Waals surface area contributed by atoms with Crippen LogP contribution in [0.25, 0.3) is 0 Å². The van der Waals surface area contributed by atoms with Gasteiger partial charge in [0.1, 0.15) is 17.5 Å². The Kier molecular flexibility index (Phi) is 6.64. The number of epoxide rings is 1. The molecule has 1 aromatic carbocycles. The predicted molar refractivity (Wildman–Crippen MR) is 148 cm³/mol. The summed E-state index contributed by atoms with van der Waals surface area (Å²) >= 11 is 0. The number of hydrogen-bond acceptors (Lipinski definition) is 6. The Balaban J connectivity index is 1.15. The molecule has 6 rings (SSSR count). The fraction of sp³-hybridized carbons (Fsp3) is 0.781. The van der Waals surface area contributed by atoms with Crippen LogP contribution in [0.2, 0.25) is 0 Å². The van der Waals surface area contributed by atoms with Crippen molar-refractivity contribution in [3.05, 3.63) is 29.8 Å². The zero-order valence-corrected chi connectivity index (χ0v) is 24.3. The van der Waals surface area contributed by atoms with E-state index in [1.165, 1.54) is 24.8 Å². The first-order valence-electron chi connectivity index (χ1n) is 15.1. The summed E-state index contributed by atoms with van der Waals surface area (Å²) < 4.78 is 18.1. The maximum absolute atomic E-state index is 13.1. The number of hydrogen-bond donors (Lipinski definition) is 1. The standard InChI is InChI=1S/C32H48N2O4/c1-20-8-7-13-30(4)17-26-27(28-32(20,30)38-28)25(29(35)37-26)18-33-15-14-31(16-22(3)34(5)19-21(31)2)23-9-11-24(36-6)12-10-23/h9-12,20-22,25-28,33H,7-8,13-19H2,1-6H3. The van der Waals surface area contributed by atoms with Crippen molar-refractivity contribution in [2.75, 3.05) is 33.8 Å². The Morgan fingerprint density at radius 2 is 1.89 bits per heavy atom. The highest BCUT2D eigenvalue weighted by Gasteiger charge is 2.78. The number of carbonyl (C=O) groups is 1. The smallest absolute Gasteiger partial charge is 0.311 e. The zero-order chi connectivity index (χ0) is 26.9. The highest BCUT2D eigenvalue weighted by molar-refractivity contribution is 5.76. The molecule has 6 nitrogen and oxygen atoms in total. The Labute approximate surface area is 229 Å². The van der Waals surface area contributed by atoms with Gasteiger partial charge in [-0.2, -0.15) is 0 Å². The van der Waals surface area contributed by atoms with Crippen molar-refractivity contribution in [3.63, 3.8) is 0 Å². The summed E-state index contributed by atoms with van der Waals surface area (Å²) in [5.74, 6) is 2.08. The molecule has 0 bridgehead atoms. The maximum Gasteiger partial charge on any atom is 0.311 e. The van der Waals surface area contributed by atoms with Crippen LogP contribution in [-0.4, -0.2) is 68.5 Å². The average molecular weight is 525 g/mol. The summed E-state index contributed by atoms with van der Waals surface area (Å²) in [6.07, 6.45) is 7.03. The van der Waals surface area contributed by atoms with E-state index in [4.69, 9.17) is 14.2 Å². The third-order valence-corrected chi connectivity index (χ3v) is 11.9. The van der Waals surface area contributed by atoms with E-state index in [0.717, 1.165) is 38.1 Å². The molecule has 3 saturated heterocycles. The predicted octanol–water partition coefficient (Wildman–Crippen LogP) is 4.80. The van der Waals surface area contributed by atoms with E-state index >= 15 is 0 Å². The van der Waals surface area contributed by atoms with Crippen molar-refractivity contribution in [1.82, 2.24) is 10.2 Å². The minimum atomic E-state index is -0.103. The fourth-order valence-electron chi connectivity index (χ4n) is 9.52. The molecule has 1 aromatic rings. The molecular formula is C32H48N2O4. The monoisotopic (exact) mass is 524 g/mol. The summed E-state index contributed by atoms with van der Waals surface area (Å²) in [7, 11) is 3.97. The number of benzene rings is 1. The summed E-state index contributed by atoms with van der Waals surface area (Å²) in [5, 5.41) is 3.74. The lowest BCUT2D eigenvalue weighted by Gasteiger charge is -2.50. The number of nitrogens with one attached hydrogen (secondary N) is 1. The van der Waals surface area contributed by atoms with E-state index in [2.05, 4.69) is 69.2 Å². The van der Waals surface area contributed by atoms with Gasteiger partial charge in [-0.15, -0.1) is 0 Å². The zero-order valence-electron chi connectivity index (χ0n) is 24.3. The molecule has 2 saturated carbocycles. The van der Waals surface area contributed by atoms with Crippen LogP contribution in [0.1, 0.15) is 71.8 Å². The number of esters is 1. The lowest BCUT2D eigenvalue weighted by atomic mass is 9.53. The molecule has 10 atom stereocenters. The quantitative estimate of drug-likeness (QED) is 0.314. The third-order valence-electron chi connectivity index (χ3n) is 11.9. The third kappa shape index (κ3) is 3.88. The molecule has 3 aliphatic heterocycles. The minimum absolute atomic E-state index is 0.0146. The van der Waals surface area contributed by atoms with Gasteiger partial charge >= 0.3 is 5.97 Å². The number of ether oxygens (including phenoxy) is 3. The van der Waals surface area contributed by atoms with E-state index in [0.29, 0.717) is 24.4 Å². The van der Waals surface area contributed by atoms with Gasteiger partial charge in [0.05, 0.1) is 19.1 Å². The SMILES string of the molecule is COc1ccc(C2(CCNCC3C(=O)OC4CC5(C)CCCC(C)C56OC6C43)CC(C)N(C)CC2C)cc1. The van der Waals surface area contributed by atoms with E-state index < -0.39 is 0 Å². The van der Waals surface area contributed by atoms with Gasteiger partial charge in [0.15, 0.2) is 0 Å². The normalized spacial score (nSPS) is 46.1. The molecule has 38 heavy (non-hydrogen) atoms. The number of piperidine rings is 1. The molecular weight excluding hydrogens is 476 g/mol. The Hall–Kier alpha value is -1.63. The largest absolute Gasteiger partial charge is 0.497 e. The lowest BCUT2D eigenvalue weighted by Crippen LogP contribution is -2.54. The number of likely N-dealkylation sites (tertiary alicyclic amines) is 1. The summed E-state index contributed by atoms with van der Waals surface area (Å²) in [6, 6.07) is 9.25. The molecule has 10 unspecified atom stereocenters. The number of nitrogens with zero attached hydrogens (tertiary/aromatic N) is 1.